The molecular weight excluding hydrogens is 410 g/mol. The molecule has 0 aliphatic carbocycles. The predicted molar refractivity (Wildman–Crippen MR) is 141 cm³/mol. The summed E-state index contributed by atoms with van der Waals surface area (Å²) in [6, 6.07) is 0.647. The van der Waals surface area contributed by atoms with Gasteiger partial charge >= 0.3 is 5.97 Å². The topological polar surface area (TPSA) is 38.3 Å². The molecule has 0 amide bonds. The first-order valence-electron chi connectivity index (χ1n) is 12.7. The van der Waals surface area contributed by atoms with E-state index in [1.807, 2.05) is 0 Å². The molecule has 0 aromatic rings. The van der Waals surface area contributed by atoms with Crippen LogP contribution in [0.4, 0.5) is 0 Å². The van der Waals surface area contributed by atoms with E-state index in [0.717, 1.165) is 35.0 Å². The molecule has 0 aromatic heterocycles. The van der Waals surface area contributed by atoms with Crippen molar-refractivity contribution in [1.82, 2.24) is 5.32 Å². The van der Waals surface area contributed by atoms with Crippen LogP contribution in [0.15, 0.2) is 12.2 Å². The van der Waals surface area contributed by atoms with Crippen molar-refractivity contribution >= 4 is 5.97 Å². The van der Waals surface area contributed by atoms with Crippen molar-refractivity contribution in [3.05, 3.63) is 12.2 Å². The molecule has 1 heterocycles. The Kier molecular flexibility index (Phi) is 9.12. The smallest absolute Gasteiger partial charge is 0.333 e. The molecular formula is C28H57N3O2+2. The second-order valence-corrected chi connectivity index (χ2v) is 15.1. The number of carbonyl (C=O) groups is 1. The Morgan fingerprint density at radius 3 is 1.88 bits per heavy atom. The molecule has 194 valence electrons. The number of nitrogens with zero attached hydrogens (tertiary/aromatic N) is 2. The fourth-order valence-electron chi connectivity index (χ4n) is 7.15. The molecule has 1 aliphatic heterocycles. The normalized spacial score (nSPS) is 19.9. The van der Waals surface area contributed by atoms with Gasteiger partial charge in [0.2, 0.25) is 0 Å². The highest BCUT2D eigenvalue weighted by atomic mass is 16.5. The lowest BCUT2D eigenvalue weighted by Gasteiger charge is -2.53. The first kappa shape index (κ1) is 30.1. The molecule has 1 saturated heterocycles. The number of ether oxygens (including phenoxy) is 1. The molecule has 33 heavy (non-hydrogen) atoms. The standard InChI is InChI=1S/C28H57N3O2/c1-22(2)24(32)33-16-15-30(11,12)20-25(3,4)19-26(5,6)21-31(13,14)23-17-27(7,8)29-28(9,10)18-23/h23,29H,1,15-21H2,2-14H3/q+2. The number of hydrogen-bond donors (Lipinski definition) is 1. The Labute approximate surface area is 206 Å². The van der Waals surface area contributed by atoms with Crippen molar-refractivity contribution in [1.29, 1.82) is 0 Å². The van der Waals surface area contributed by atoms with Gasteiger partial charge in [-0.25, -0.2) is 4.79 Å². The molecule has 0 atom stereocenters. The Morgan fingerprint density at radius 1 is 0.970 bits per heavy atom. The molecule has 5 heteroatoms. The van der Waals surface area contributed by atoms with Crippen LogP contribution in [0.1, 0.15) is 81.6 Å². The van der Waals surface area contributed by atoms with Crippen LogP contribution in [0, 0.1) is 10.8 Å². The van der Waals surface area contributed by atoms with Gasteiger partial charge in [0.05, 0.1) is 47.3 Å². The first-order chi connectivity index (χ1) is 14.5. The van der Waals surface area contributed by atoms with E-state index >= 15 is 0 Å². The quantitative estimate of drug-likeness (QED) is 0.264. The van der Waals surface area contributed by atoms with E-state index < -0.39 is 0 Å². The molecule has 5 nitrogen and oxygen atoms in total. The molecule has 1 fully saturated rings. The van der Waals surface area contributed by atoms with Crippen molar-refractivity contribution in [3.63, 3.8) is 0 Å². The third-order valence-corrected chi connectivity index (χ3v) is 7.08. The van der Waals surface area contributed by atoms with Gasteiger partial charge in [0.25, 0.3) is 0 Å². The highest BCUT2D eigenvalue weighted by Crippen LogP contribution is 2.40. The molecule has 1 aliphatic rings. The van der Waals surface area contributed by atoms with E-state index in [9.17, 15) is 4.79 Å². The number of nitrogens with one attached hydrogen (secondary N) is 1. The van der Waals surface area contributed by atoms with Gasteiger partial charge in [-0.1, -0.05) is 34.3 Å². The summed E-state index contributed by atoms with van der Waals surface area (Å²) in [6.07, 6.45) is 3.57. The van der Waals surface area contributed by atoms with Crippen LogP contribution >= 0.6 is 0 Å². The summed E-state index contributed by atoms with van der Waals surface area (Å²) in [5.74, 6) is -0.292. The minimum Gasteiger partial charge on any atom is -0.456 e. The summed E-state index contributed by atoms with van der Waals surface area (Å²) in [6.45, 7) is 27.9. The zero-order valence-electron chi connectivity index (χ0n) is 24.4. The van der Waals surface area contributed by atoms with E-state index in [1.54, 1.807) is 6.92 Å². The van der Waals surface area contributed by atoms with Gasteiger partial charge in [0, 0.05) is 40.3 Å². The first-order valence-corrected chi connectivity index (χ1v) is 12.7. The van der Waals surface area contributed by atoms with Gasteiger partial charge in [0.15, 0.2) is 0 Å². The van der Waals surface area contributed by atoms with Crippen molar-refractivity contribution in [2.24, 2.45) is 10.8 Å². The lowest BCUT2D eigenvalue weighted by atomic mass is 9.72. The largest absolute Gasteiger partial charge is 0.456 e. The summed E-state index contributed by atoms with van der Waals surface area (Å²) in [4.78, 5) is 11.7. The maximum Gasteiger partial charge on any atom is 0.333 e. The predicted octanol–water partition coefficient (Wildman–Crippen LogP) is 5.01. The molecule has 0 aromatic carbocycles. The number of rotatable bonds is 11. The molecule has 0 saturated carbocycles. The van der Waals surface area contributed by atoms with Crippen molar-refractivity contribution in [3.8, 4) is 0 Å². The summed E-state index contributed by atoms with van der Waals surface area (Å²) in [7, 11) is 9.35. The molecule has 0 radical (unpaired) electrons. The number of hydrogen-bond acceptors (Lipinski definition) is 3. The van der Waals surface area contributed by atoms with Crippen LogP contribution in [0.2, 0.25) is 0 Å². The highest BCUT2D eigenvalue weighted by Gasteiger charge is 2.47. The average molecular weight is 468 g/mol. The van der Waals surface area contributed by atoms with E-state index in [4.69, 9.17) is 4.74 Å². The van der Waals surface area contributed by atoms with Crippen LogP contribution in [0.5, 0.6) is 0 Å². The van der Waals surface area contributed by atoms with Gasteiger partial charge in [-0.3, -0.25) is 0 Å². The van der Waals surface area contributed by atoms with Crippen LogP contribution in [-0.2, 0) is 9.53 Å². The van der Waals surface area contributed by atoms with E-state index in [1.165, 1.54) is 12.8 Å². The van der Waals surface area contributed by atoms with Crippen LogP contribution in [0.25, 0.3) is 0 Å². The van der Waals surface area contributed by atoms with Gasteiger partial charge in [-0.15, -0.1) is 0 Å². The van der Waals surface area contributed by atoms with Gasteiger partial charge in [-0.05, 0) is 41.0 Å². The van der Waals surface area contributed by atoms with E-state index in [0.29, 0.717) is 18.2 Å². The van der Waals surface area contributed by atoms with Gasteiger partial charge < -0.3 is 19.0 Å². The van der Waals surface area contributed by atoms with Gasteiger partial charge in [-0.2, -0.15) is 0 Å². The summed E-state index contributed by atoms with van der Waals surface area (Å²) >= 11 is 0. The SMILES string of the molecule is C=C(C)C(=O)OCC[N+](C)(C)CC(C)(C)CC(C)(C)C[N+](C)(C)C1CC(C)(C)NC(C)(C)C1. The average Bonchev–Trinajstić information content (AvgIpc) is 2.47. The second-order valence-electron chi connectivity index (χ2n) is 15.1. The Balaban J connectivity index is 2.79. The molecule has 0 unspecified atom stereocenters. The minimum atomic E-state index is -0.292. The molecule has 1 rings (SSSR count). The maximum absolute atomic E-state index is 11.7. The Morgan fingerprint density at radius 2 is 1.42 bits per heavy atom. The van der Waals surface area contributed by atoms with Gasteiger partial charge in [0.1, 0.15) is 13.2 Å². The lowest BCUT2D eigenvalue weighted by molar-refractivity contribution is -0.923. The molecule has 0 spiro atoms. The fourth-order valence-corrected chi connectivity index (χ4v) is 7.15. The van der Waals surface area contributed by atoms with Crippen LogP contribution < -0.4 is 5.32 Å². The highest BCUT2D eigenvalue weighted by molar-refractivity contribution is 5.86. The molecule has 1 N–H and O–H groups in total. The third kappa shape index (κ3) is 10.5. The summed E-state index contributed by atoms with van der Waals surface area (Å²) < 4.78 is 7.26. The van der Waals surface area contributed by atoms with E-state index in [-0.39, 0.29) is 27.9 Å². The zero-order valence-corrected chi connectivity index (χ0v) is 24.4. The number of piperidine rings is 1. The Bertz CT molecular complexity index is 686. The zero-order chi connectivity index (χ0) is 26.1. The Hall–Kier alpha value is -0.910. The number of carbonyl (C=O) groups excluding carboxylic acids is 1. The minimum absolute atomic E-state index is 0.167. The number of likely N-dealkylation sites (N-methyl/N-ethyl adjacent to an activating group) is 1. The number of quaternary nitrogens is 2. The summed E-state index contributed by atoms with van der Waals surface area (Å²) in [5.41, 5.74) is 1.20. The van der Waals surface area contributed by atoms with Crippen molar-refractivity contribution in [2.75, 3.05) is 54.4 Å². The third-order valence-electron chi connectivity index (χ3n) is 7.08. The maximum atomic E-state index is 11.7. The van der Waals surface area contributed by atoms with Crippen molar-refractivity contribution in [2.45, 2.75) is 98.7 Å². The second kappa shape index (κ2) is 9.99. The van der Waals surface area contributed by atoms with E-state index in [2.05, 4.69) is 95.5 Å². The van der Waals surface area contributed by atoms with Crippen LogP contribution in [0.3, 0.4) is 0 Å². The lowest BCUT2D eigenvalue weighted by Crippen LogP contribution is -2.66. The summed E-state index contributed by atoms with van der Waals surface area (Å²) in [5, 5.41) is 3.84. The monoisotopic (exact) mass is 467 g/mol. The van der Waals surface area contributed by atoms with Crippen LogP contribution in [-0.4, -0.2) is 86.5 Å². The molecule has 0 bridgehead atoms. The fraction of sp³-hybridized carbons (Fsp3) is 0.893. The van der Waals surface area contributed by atoms with Crippen molar-refractivity contribution < 1.29 is 18.5 Å². The number of esters is 1.